The third-order valence-corrected chi connectivity index (χ3v) is 8.50. The minimum Gasteiger partial charge on any atom is -0.356 e. The highest BCUT2D eigenvalue weighted by Gasteiger charge is 2.28. The number of nitrogens with one attached hydrogen (secondary N) is 1. The molecule has 8 nitrogen and oxygen atoms in total. The van der Waals surface area contributed by atoms with Gasteiger partial charge in [0.2, 0.25) is 5.91 Å². The van der Waals surface area contributed by atoms with Gasteiger partial charge < -0.3 is 20.0 Å². The van der Waals surface area contributed by atoms with Crippen LogP contribution < -0.4 is 10.2 Å². The molecular formula is C27H43N7O. The standard InChI is InChI=1S/C27H43N7O/c1-21-24-7-13-28-26(25(24)31(2)30-21)34-19-8-22(9-20-34)27(35)29-12-6-14-32-17-10-23(11-18-32)33-15-4-3-5-16-33/h7,13,22-23H,3-6,8-12,14-20H2,1-2H3,(H,29,35). The normalized spacial score (nSPS) is 21.6. The Hall–Kier alpha value is -2.19. The second-order valence-electron chi connectivity index (χ2n) is 10.8. The number of piperidine rings is 3. The van der Waals surface area contributed by atoms with Gasteiger partial charge in [-0.1, -0.05) is 6.42 Å². The fourth-order valence-electron chi connectivity index (χ4n) is 6.42. The van der Waals surface area contributed by atoms with E-state index in [1.54, 1.807) is 0 Å². The fraction of sp³-hybridized carbons (Fsp3) is 0.741. The van der Waals surface area contributed by atoms with Crippen molar-refractivity contribution in [2.45, 2.75) is 64.3 Å². The van der Waals surface area contributed by atoms with Crippen molar-refractivity contribution >= 4 is 22.6 Å². The Balaban J connectivity index is 1.01. The van der Waals surface area contributed by atoms with Crippen LogP contribution in [0, 0.1) is 12.8 Å². The molecule has 192 valence electrons. The smallest absolute Gasteiger partial charge is 0.223 e. The molecule has 1 amide bonds. The maximum Gasteiger partial charge on any atom is 0.223 e. The average Bonchev–Trinajstić information content (AvgIpc) is 3.21. The first-order valence-corrected chi connectivity index (χ1v) is 13.9. The SMILES string of the molecule is Cc1nn(C)c2c(N3CCC(C(=O)NCCCN4CCC(N5CCCCC5)CC4)CC3)nccc12. The van der Waals surface area contributed by atoms with Crippen molar-refractivity contribution in [2.75, 3.05) is 57.3 Å². The molecular weight excluding hydrogens is 438 g/mol. The lowest BCUT2D eigenvalue weighted by Crippen LogP contribution is -2.47. The van der Waals surface area contributed by atoms with E-state index in [4.69, 9.17) is 0 Å². The molecule has 3 fully saturated rings. The number of aromatic nitrogens is 3. The first-order chi connectivity index (χ1) is 17.1. The molecule has 3 aliphatic heterocycles. The number of rotatable bonds is 7. The van der Waals surface area contributed by atoms with Gasteiger partial charge in [0.1, 0.15) is 5.52 Å². The summed E-state index contributed by atoms with van der Waals surface area (Å²) in [5, 5.41) is 8.96. The van der Waals surface area contributed by atoms with Crippen molar-refractivity contribution in [3.63, 3.8) is 0 Å². The molecule has 35 heavy (non-hydrogen) atoms. The topological polar surface area (TPSA) is 69.5 Å². The van der Waals surface area contributed by atoms with Crippen molar-refractivity contribution in [3.8, 4) is 0 Å². The number of amides is 1. The van der Waals surface area contributed by atoms with Gasteiger partial charge in [0.25, 0.3) is 0 Å². The lowest BCUT2D eigenvalue weighted by Gasteiger charge is -2.40. The van der Waals surface area contributed by atoms with Crippen LogP contribution in [-0.4, -0.2) is 88.9 Å². The van der Waals surface area contributed by atoms with Crippen LogP contribution in [0.2, 0.25) is 0 Å². The molecule has 5 rings (SSSR count). The molecule has 0 unspecified atom stereocenters. The van der Waals surface area contributed by atoms with Gasteiger partial charge >= 0.3 is 0 Å². The van der Waals surface area contributed by atoms with Gasteiger partial charge in [-0.3, -0.25) is 9.48 Å². The number of aryl methyl sites for hydroxylation is 2. The number of pyridine rings is 1. The second kappa shape index (κ2) is 11.2. The van der Waals surface area contributed by atoms with Gasteiger partial charge in [-0.15, -0.1) is 0 Å². The van der Waals surface area contributed by atoms with Gasteiger partial charge in [-0.2, -0.15) is 5.10 Å². The van der Waals surface area contributed by atoms with Crippen LogP contribution in [0.25, 0.3) is 10.9 Å². The zero-order chi connectivity index (χ0) is 24.2. The third kappa shape index (κ3) is 5.64. The average molecular weight is 482 g/mol. The van der Waals surface area contributed by atoms with E-state index in [9.17, 15) is 4.79 Å². The molecule has 3 aliphatic rings. The highest BCUT2D eigenvalue weighted by Crippen LogP contribution is 2.29. The Morgan fingerprint density at radius 1 is 1.03 bits per heavy atom. The Kier molecular flexibility index (Phi) is 7.88. The second-order valence-corrected chi connectivity index (χ2v) is 10.8. The Labute approximate surface area is 210 Å². The lowest BCUT2D eigenvalue weighted by atomic mass is 9.95. The van der Waals surface area contributed by atoms with E-state index >= 15 is 0 Å². The molecule has 5 heterocycles. The highest BCUT2D eigenvalue weighted by atomic mass is 16.1. The number of hydrogen-bond donors (Lipinski definition) is 1. The molecule has 0 saturated carbocycles. The van der Waals surface area contributed by atoms with Gasteiger partial charge in [-0.25, -0.2) is 4.98 Å². The van der Waals surface area contributed by atoms with Crippen molar-refractivity contribution < 1.29 is 4.79 Å². The predicted octanol–water partition coefficient (Wildman–Crippen LogP) is 2.95. The summed E-state index contributed by atoms with van der Waals surface area (Å²) in [5.74, 6) is 1.34. The number of carbonyl (C=O) groups is 1. The van der Waals surface area contributed by atoms with E-state index in [1.807, 2.05) is 30.9 Å². The zero-order valence-corrected chi connectivity index (χ0v) is 21.7. The van der Waals surface area contributed by atoms with E-state index in [0.29, 0.717) is 0 Å². The zero-order valence-electron chi connectivity index (χ0n) is 21.7. The number of anilines is 1. The molecule has 0 bridgehead atoms. The van der Waals surface area contributed by atoms with Crippen LogP contribution >= 0.6 is 0 Å². The van der Waals surface area contributed by atoms with Crippen LogP contribution in [-0.2, 0) is 11.8 Å². The van der Waals surface area contributed by atoms with Gasteiger partial charge in [0.15, 0.2) is 5.82 Å². The minimum absolute atomic E-state index is 0.110. The number of fused-ring (bicyclic) bond motifs is 1. The van der Waals surface area contributed by atoms with Crippen molar-refractivity contribution in [1.82, 2.24) is 29.9 Å². The maximum absolute atomic E-state index is 12.8. The van der Waals surface area contributed by atoms with E-state index in [2.05, 4.69) is 30.1 Å². The molecule has 0 aromatic carbocycles. The molecule has 2 aromatic heterocycles. The van der Waals surface area contributed by atoms with Crippen LogP contribution in [0.15, 0.2) is 12.3 Å². The van der Waals surface area contributed by atoms with Crippen molar-refractivity contribution in [1.29, 1.82) is 0 Å². The van der Waals surface area contributed by atoms with Crippen LogP contribution in [0.3, 0.4) is 0 Å². The van der Waals surface area contributed by atoms with Gasteiger partial charge in [0, 0.05) is 50.2 Å². The molecule has 1 N–H and O–H groups in total. The Bertz CT molecular complexity index is 983. The van der Waals surface area contributed by atoms with E-state index < -0.39 is 0 Å². The monoisotopic (exact) mass is 481 g/mol. The highest BCUT2D eigenvalue weighted by molar-refractivity contribution is 5.91. The predicted molar refractivity (Wildman–Crippen MR) is 141 cm³/mol. The molecule has 2 aromatic rings. The summed E-state index contributed by atoms with van der Waals surface area (Å²) in [6, 6.07) is 2.85. The van der Waals surface area contributed by atoms with Crippen molar-refractivity contribution in [2.24, 2.45) is 13.0 Å². The Morgan fingerprint density at radius 2 is 1.77 bits per heavy atom. The third-order valence-electron chi connectivity index (χ3n) is 8.50. The molecule has 3 saturated heterocycles. The summed E-state index contributed by atoms with van der Waals surface area (Å²) in [6.07, 6.45) is 11.5. The van der Waals surface area contributed by atoms with Crippen molar-refractivity contribution in [3.05, 3.63) is 18.0 Å². The van der Waals surface area contributed by atoms with E-state index in [0.717, 1.165) is 73.9 Å². The number of nitrogens with zero attached hydrogens (tertiary/aromatic N) is 6. The molecule has 0 aliphatic carbocycles. The van der Waals surface area contributed by atoms with Gasteiger partial charge in [-0.05, 0) is 90.7 Å². The molecule has 8 heteroatoms. The first kappa shape index (κ1) is 24.5. The molecule has 0 atom stereocenters. The fourth-order valence-corrected chi connectivity index (χ4v) is 6.42. The minimum atomic E-state index is 0.110. The summed E-state index contributed by atoms with van der Waals surface area (Å²) in [5.41, 5.74) is 2.12. The number of carbonyl (C=O) groups excluding carboxylic acids is 1. The number of likely N-dealkylation sites (tertiary alicyclic amines) is 2. The Morgan fingerprint density at radius 3 is 2.51 bits per heavy atom. The summed E-state index contributed by atoms with van der Waals surface area (Å²) in [4.78, 5) is 25.1. The van der Waals surface area contributed by atoms with Crippen LogP contribution in [0.4, 0.5) is 5.82 Å². The van der Waals surface area contributed by atoms with Crippen LogP contribution in [0.5, 0.6) is 0 Å². The summed E-state index contributed by atoms with van der Waals surface area (Å²) in [7, 11) is 1.98. The molecule has 0 radical (unpaired) electrons. The largest absolute Gasteiger partial charge is 0.356 e. The van der Waals surface area contributed by atoms with E-state index in [1.165, 1.54) is 58.3 Å². The number of hydrogen-bond acceptors (Lipinski definition) is 6. The lowest BCUT2D eigenvalue weighted by molar-refractivity contribution is -0.125. The summed E-state index contributed by atoms with van der Waals surface area (Å²) >= 11 is 0. The maximum atomic E-state index is 12.8. The van der Waals surface area contributed by atoms with Gasteiger partial charge in [0.05, 0.1) is 5.69 Å². The quantitative estimate of drug-likeness (QED) is 0.614. The first-order valence-electron chi connectivity index (χ1n) is 13.9. The van der Waals surface area contributed by atoms with Crippen LogP contribution in [0.1, 0.15) is 57.1 Å². The summed E-state index contributed by atoms with van der Waals surface area (Å²) < 4.78 is 1.93. The summed E-state index contributed by atoms with van der Waals surface area (Å²) in [6.45, 7) is 10.7. The van der Waals surface area contributed by atoms with E-state index in [-0.39, 0.29) is 11.8 Å². The molecule has 0 spiro atoms.